The molecule has 4 aliphatic carbocycles. The van der Waals surface area contributed by atoms with Crippen LogP contribution in [0.5, 0.6) is 0 Å². The zero-order valence-corrected chi connectivity index (χ0v) is 11.3. The van der Waals surface area contributed by atoms with Gasteiger partial charge in [-0.05, 0) is 46.3 Å². The molecule has 0 aromatic heterocycles. The molecule has 0 aromatic carbocycles. The lowest BCUT2D eigenvalue weighted by Crippen LogP contribution is -1.99. The Kier molecular flexibility index (Phi) is 2.67. The van der Waals surface area contributed by atoms with Gasteiger partial charge in [0.1, 0.15) is 0 Å². The first-order valence-electron chi connectivity index (χ1n) is 7.21. The summed E-state index contributed by atoms with van der Waals surface area (Å²) >= 11 is 0. The van der Waals surface area contributed by atoms with E-state index in [4.69, 9.17) is 0 Å². The van der Waals surface area contributed by atoms with Crippen molar-refractivity contribution in [3.63, 3.8) is 0 Å². The average Bonchev–Trinajstić information content (AvgIpc) is 2.68. The largest absolute Gasteiger partial charge is 0.0757 e. The quantitative estimate of drug-likeness (QED) is 0.569. The van der Waals surface area contributed by atoms with E-state index in [-0.39, 0.29) is 0 Å². The van der Waals surface area contributed by atoms with Gasteiger partial charge in [0.05, 0.1) is 0 Å². The normalized spacial score (nSPS) is 27.6. The second-order valence-corrected chi connectivity index (χ2v) is 5.31. The van der Waals surface area contributed by atoms with Crippen molar-refractivity contribution in [3.05, 3.63) is 106 Å². The van der Waals surface area contributed by atoms with Gasteiger partial charge in [-0.1, -0.05) is 72.9 Å². The summed E-state index contributed by atoms with van der Waals surface area (Å²) in [4.78, 5) is 0. The number of allylic oxidation sites excluding steroid dienone is 18. The molecule has 0 fully saturated rings. The van der Waals surface area contributed by atoms with Gasteiger partial charge in [-0.2, -0.15) is 0 Å². The highest BCUT2D eigenvalue weighted by molar-refractivity contribution is 5.80. The number of fused-ring (bicyclic) bond motifs is 2. The third-order valence-electron chi connectivity index (χ3n) is 4.13. The first-order chi connectivity index (χ1) is 9.95. The molecule has 0 saturated carbocycles. The van der Waals surface area contributed by atoms with E-state index in [1.165, 1.54) is 33.4 Å². The van der Waals surface area contributed by atoms with Gasteiger partial charge in [-0.25, -0.2) is 0 Å². The predicted molar refractivity (Wildman–Crippen MR) is 85.2 cm³/mol. The Morgan fingerprint density at radius 1 is 0.650 bits per heavy atom. The Balaban J connectivity index is 2.01. The van der Waals surface area contributed by atoms with Gasteiger partial charge in [0.2, 0.25) is 0 Å². The molecule has 4 aliphatic rings. The van der Waals surface area contributed by atoms with Crippen LogP contribution in [0.4, 0.5) is 0 Å². The Morgan fingerprint density at radius 3 is 2.20 bits per heavy atom. The summed E-state index contributed by atoms with van der Waals surface area (Å²) in [6.45, 7) is 0. The molecule has 96 valence electrons. The minimum atomic E-state index is 1.14. The van der Waals surface area contributed by atoms with Crippen molar-refractivity contribution < 1.29 is 0 Å². The van der Waals surface area contributed by atoms with Crippen LogP contribution in [0.25, 0.3) is 0 Å². The van der Waals surface area contributed by atoms with E-state index in [0.29, 0.717) is 0 Å². The predicted octanol–water partition coefficient (Wildman–Crippen LogP) is 5.05. The molecule has 0 N–H and O–H groups in total. The molecule has 0 nitrogen and oxygen atoms in total. The van der Waals surface area contributed by atoms with Gasteiger partial charge in [0.25, 0.3) is 0 Å². The molecule has 0 amide bonds. The van der Waals surface area contributed by atoms with Crippen LogP contribution in [0.3, 0.4) is 0 Å². The summed E-state index contributed by atoms with van der Waals surface area (Å²) in [7, 11) is 0. The Hall–Kier alpha value is -2.34. The van der Waals surface area contributed by atoms with E-state index >= 15 is 0 Å². The molecule has 0 saturated heterocycles. The topological polar surface area (TPSA) is 0 Å². The maximum absolute atomic E-state index is 2.40. The summed E-state index contributed by atoms with van der Waals surface area (Å²) in [6, 6.07) is 0. The highest BCUT2D eigenvalue weighted by Crippen LogP contribution is 2.47. The number of hydrogen-bond donors (Lipinski definition) is 0. The van der Waals surface area contributed by atoms with Crippen LogP contribution in [-0.2, 0) is 0 Å². The van der Waals surface area contributed by atoms with E-state index in [1.807, 2.05) is 0 Å². The number of rotatable bonds is 0. The minimum absolute atomic E-state index is 1.14. The van der Waals surface area contributed by atoms with Gasteiger partial charge in [-0.3, -0.25) is 0 Å². The number of hydrogen-bond acceptors (Lipinski definition) is 0. The first kappa shape index (κ1) is 11.5. The molecule has 0 spiro atoms. The monoisotopic (exact) mass is 256 g/mol. The van der Waals surface area contributed by atoms with Gasteiger partial charge >= 0.3 is 0 Å². The Bertz CT molecular complexity index is 735. The maximum Gasteiger partial charge on any atom is -0.00699 e. The fourth-order valence-corrected chi connectivity index (χ4v) is 3.28. The molecular weight excluding hydrogens is 240 g/mol. The summed E-state index contributed by atoms with van der Waals surface area (Å²) in [5.74, 6) is 0. The Morgan fingerprint density at radius 2 is 1.35 bits per heavy atom. The smallest absolute Gasteiger partial charge is 0.00699 e. The summed E-state index contributed by atoms with van der Waals surface area (Å²) in [6.07, 6.45) is 28.6. The van der Waals surface area contributed by atoms with Crippen LogP contribution in [0.2, 0.25) is 0 Å². The van der Waals surface area contributed by atoms with Gasteiger partial charge < -0.3 is 0 Å². The molecule has 0 aliphatic heterocycles. The van der Waals surface area contributed by atoms with Crippen LogP contribution in [0.15, 0.2) is 106 Å². The summed E-state index contributed by atoms with van der Waals surface area (Å²) < 4.78 is 0. The van der Waals surface area contributed by atoms with Crippen molar-refractivity contribution in [1.29, 1.82) is 0 Å². The van der Waals surface area contributed by atoms with Crippen molar-refractivity contribution in [2.45, 2.75) is 12.8 Å². The van der Waals surface area contributed by atoms with Gasteiger partial charge in [0, 0.05) is 0 Å². The SMILES string of the molecule is C1=CC=C2C3=C(\C=C/C=C\C=C/3)C3=CCCC(=C23)C=C1. The molecule has 0 heteroatoms. The lowest BCUT2D eigenvalue weighted by Gasteiger charge is -2.17. The maximum atomic E-state index is 2.40. The van der Waals surface area contributed by atoms with Crippen molar-refractivity contribution in [3.8, 4) is 0 Å². The molecule has 0 unspecified atom stereocenters. The molecule has 0 atom stereocenters. The van der Waals surface area contributed by atoms with Gasteiger partial charge in [-0.15, -0.1) is 0 Å². The second-order valence-electron chi connectivity index (χ2n) is 5.31. The van der Waals surface area contributed by atoms with E-state index in [1.54, 1.807) is 0 Å². The standard InChI is InChI=1S/C20H16/c1-2-6-12-17-16(11-5-1)18-13-7-3-4-9-15-10-8-14-19(17)20(15)18/h1-7,9,11-14H,8,10H2/b2-1-,4-3?,5-1?,6-2?,7-3?,9-4?,11-5-,12-6-,13-7?,15-9?,16-11?,17-12?,18-13?. The van der Waals surface area contributed by atoms with E-state index in [9.17, 15) is 0 Å². The third kappa shape index (κ3) is 1.69. The summed E-state index contributed by atoms with van der Waals surface area (Å²) in [5.41, 5.74) is 8.43. The molecule has 0 radical (unpaired) electrons. The van der Waals surface area contributed by atoms with E-state index in [0.717, 1.165) is 12.8 Å². The zero-order valence-electron chi connectivity index (χ0n) is 11.3. The van der Waals surface area contributed by atoms with E-state index in [2.05, 4.69) is 72.9 Å². The van der Waals surface area contributed by atoms with Crippen molar-refractivity contribution >= 4 is 0 Å². The van der Waals surface area contributed by atoms with Crippen LogP contribution >= 0.6 is 0 Å². The molecular formula is C20H16. The fourth-order valence-electron chi connectivity index (χ4n) is 3.28. The van der Waals surface area contributed by atoms with Crippen molar-refractivity contribution in [1.82, 2.24) is 0 Å². The van der Waals surface area contributed by atoms with E-state index < -0.39 is 0 Å². The van der Waals surface area contributed by atoms with Crippen LogP contribution < -0.4 is 0 Å². The van der Waals surface area contributed by atoms with Crippen LogP contribution in [0, 0.1) is 0 Å². The second kappa shape index (κ2) is 4.64. The molecule has 20 heavy (non-hydrogen) atoms. The molecule has 4 rings (SSSR count). The lowest BCUT2D eigenvalue weighted by atomic mass is 9.87. The zero-order chi connectivity index (χ0) is 13.4. The van der Waals surface area contributed by atoms with Crippen molar-refractivity contribution in [2.75, 3.05) is 0 Å². The first-order valence-corrected chi connectivity index (χ1v) is 7.21. The molecule has 0 bridgehead atoms. The fraction of sp³-hybridized carbons (Fsp3) is 0.100. The lowest BCUT2D eigenvalue weighted by molar-refractivity contribution is 0.963. The van der Waals surface area contributed by atoms with Gasteiger partial charge in [0.15, 0.2) is 0 Å². The molecule has 0 heterocycles. The summed E-state index contributed by atoms with van der Waals surface area (Å²) in [5, 5.41) is 0. The average molecular weight is 256 g/mol. The Labute approximate surface area is 119 Å². The van der Waals surface area contributed by atoms with Crippen LogP contribution in [-0.4, -0.2) is 0 Å². The van der Waals surface area contributed by atoms with Crippen LogP contribution in [0.1, 0.15) is 12.8 Å². The minimum Gasteiger partial charge on any atom is -0.0757 e. The molecule has 0 aromatic rings. The highest BCUT2D eigenvalue weighted by Gasteiger charge is 2.29. The third-order valence-corrected chi connectivity index (χ3v) is 4.13. The van der Waals surface area contributed by atoms with Crippen molar-refractivity contribution in [2.24, 2.45) is 0 Å². The highest BCUT2D eigenvalue weighted by atomic mass is 14.3.